The first-order valence-corrected chi connectivity index (χ1v) is 7.37. The predicted molar refractivity (Wildman–Crippen MR) is 81.4 cm³/mol. The lowest BCUT2D eigenvalue weighted by Crippen LogP contribution is -2.03. The topological polar surface area (TPSA) is 50.7 Å². The lowest BCUT2D eigenvalue weighted by atomic mass is 10.1. The Bertz CT molecular complexity index is 726. The average Bonchev–Trinajstić information content (AvgIpc) is 2.93. The number of benzene rings is 1. The fraction of sp³-hybridized carbons (Fsp3) is 0.133. The van der Waals surface area contributed by atoms with Crippen LogP contribution >= 0.6 is 11.3 Å². The summed E-state index contributed by atoms with van der Waals surface area (Å²) in [7, 11) is 0. The van der Waals surface area contributed by atoms with Crippen LogP contribution in [0.2, 0.25) is 0 Å². The molecule has 21 heavy (non-hydrogen) atoms. The van der Waals surface area contributed by atoms with Crippen molar-refractivity contribution in [2.45, 2.75) is 13.3 Å². The number of rotatable bonds is 4. The van der Waals surface area contributed by atoms with Crippen molar-refractivity contribution >= 4 is 23.0 Å². The van der Waals surface area contributed by atoms with E-state index in [2.05, 4.69) is 20.3 Å². The van der Waals surface area contributed by atoms with Crippen LogP contribution < -0.4 is 5.32 Å². The van der Waals surface area contributed by atoms with Gasteiger partial charge in [-0.15, -0.1) is 11.3 Å². The molecule has 0 spiro atoms. The maximum atomic E-state index is 12.9. The highest BCUT2D eigenvalue weighted by molar-refractivity contribution is 7.07. The fourth-order valence-corrected chi connectivity index (χ4v) is 2.45. The molecule has 1 aromatic carbocycles. The SMILES string of the molecule is Cc1cc(Nc2cscn2)nc(Cc2ccc(F)cc2)n1. The Morgan fingerprint density at radius 2 is 1.95 bits per heavy atom. The molecule has 3 rings (SSSR count). The van der Waals surface area contributed by atoms with Crippen LogP contribution in [-0.4, -0.2) is 15.0 Å². The van der Waals surface area contributed by atoms with E-state index < -0.39 is 0 Å². The molecule has 0 unspecified atom stereocenters. The zero-order valence-electron chi connectivity index (χ0n) is 11.4. The van der Waals surface area contributed by atoms with Crippen molar-refractivity contribution in [3.63, 3.8) is 0 Å². The van der Waals surface area contributed by atoms with Gasteiger partial charge in [-0.05, 0) is 24.6 Å². The van der Waals surface area contributed by atoms with E-state index in [0.29, 0.717) is 18.1 Å². The maximum absolute atomic E-state index is 12.9. The molecule has 0 radical (unpaired) electrons. The Kier molecular flexibility index (Phi) is 3.87. The summed E-state index contributed by atoms with van der Waals surface area (Å²) >= 11 is 1.52. The van der Waals surface area contributed by atoms with E-state index in [1.165, 1.54) is 23.5 Å². The molecule has 3 aromatic rings. The van der Waals surface area contributed by atoms with Gasteiger partial charge in [0.05, 0.1) is 5.51 Å². The van der Waals surface area contributed by atoms with Gasteiger partial charge in [0.25, 0.3) is 0 Å². The second-order valence-corrected chi connectivity index (χ2v) is 5.33. The molecule has 0 bridgehead atoms. The highest BCUT2D eigenvalue weighted by Gasteiger charge is 2.05. The van der Waals surface area contributed by atoms with E-state index in [1.807, 2.05) is 18.4 Å². The summed E-state index contributed by atoms with van der Waals surface area (Å²) in [6.07, 6.45) is 0.563. The van der Waals surface area contributed by atoms with Crippen LogP contribution in [0.1, 0.15) is 17.1 Å². The highest BCUT2D eigenvalue weighted by Crippen LogP contribution is 2.16. The largest absolute Gasteiger partial charge is 0.324 e. The third-order valence-corrected chi connectivity index (χ3v) is 3.45. The van der Waals surface area contributed by atoms with Crippen LogP contribution in [0.3, 0.4) is 0 Å². The highest BCUT2D eigenvalue weighted by atomic mass is 32.1. The first-order valence-electron chi connectivity index (χ1n) is 6.43. The number of thiazole rings is 1. The Balaban J connectivity index is 1.82. The van der Waals surface area contributed by atoms with E-state index in [0.717, 1.165) is 17.1 Å². The maximum Gasteiger partial charge on any atom is 0.142 e. The molecule has 4 nitrogen and oxygen atoms in total. The summed E-state index contributed by atoms with van der Waals surface area (Å²) in [6.45, 7) is 1.92. The molecule has 0 aliphatic rings. The third-order valence-electron chi connectivity index (χ3n) is 2.86. The van der Waals surface area contributed by atoms with Gasteiger partial charge in [-0.2, -0.15) is 0 Å². The van der Waals surface area contributed by atoms with Crippen molar-refractivity contribution in [3.8, 4) is 0 Å². The third kappa shape index (κ3) is 3.61. The van der Waals surface area contributed by atoms with Crippen molar-refractivity contribution in [1.82, 2.24) is 15.0 Å². The Labute approximate surface area is 125 Å². The van der Waals surface area contributed by atoms with Gasteiger partial charge in [0.15, 0.2) is 0 Å². The number of anilines is 2. The average molecular weight is 300 g/mol. The second-order valence-electron chi connectivity index (χ2n) is 4.61. The van der Waals surface area contributed by atoms with Crippen molar-refractivity contribution in [2.75, 3.05) is 5.32 Å². The molecule has 106 valence electrons. The molecule has 0 aliphatic heterocycles. The van der Waals surface area contributed by atoms with Crippen LogP contribution in [0, 0.1) is 12.7 Å². The van der Waals surface area contributed by atoms with Crippen LogP contribution in [-0.2, 0) is 6.42 Å². The molecule has 0 amide bonds. The van der Waals surface area contributed by atoms with Crippen molar-refractivity contribution in [3.05, 3.63) is 64.1 Å². The number of nitrogens with one attached hydrogen (secondary N) is 1. The van der Waals surface area contributed by atoms with Crippen LogP contribution in [0.5, 0.6) is 0 Å². The number of aryl methyl sites for hydroxylation is 1. The van der Waals surface area contributed by atoms with Crippen LogP contribution in [0.25, 0.3) is 0 Å². The Hall–Kier alpha value is -2.34. The molecule has 6 heteroatoms. The van der Waals surface area contributed by atoms with Gasteiger partial charge >= 0.3 is 0 Å². The van der Waals surface area contributed by atoms with Gasteiger partial charge in [0.2, 0.25) is 0 Å². The first-order chi connectivity index (χ1) is 10.2. The van der Waals surface area contributed by atoms with Gasteiger partial charge in [-0.1, -0.05) is 12.1 Å². The Morgan fingerprint density at radius 1 is 1.14 bits per heavy atom. The molecule has 0 atom stereocenters. The second kappa shape index (κ2) is 5.97. The smallest absolute Gasteiger partial charge is 0.142 e. The van der Waals surface area contributed by atoms with Gasteiger partial charge in [0.1, 0.15) is 23.3 Å². The molecular formula is C15H13FN4S. The van der Waals surface area contributed by atoms with Gasteiger partial charge < -0.3 is 5.32 Å². The number of hydrogen-bond donors (Lipinski definition) is 1. The van der Waals surface area contributed by atoms with E-state index in [1.54, 1.807) is 17.6 Å². The zero-order chi connectivity index (χ0) is 14.7. The fourth-order valence-electron chi connectivity index (χ4n) is 1.96. The molecule has 1 N–H and O–H groups in total. The van der Waals surface area contributed by atoms with E-state index in [9.17, 15) is 4.39 Å². The predicted octanol–water partition coefficient (Wildman–Crippen LogP) is 3.72. The van der Waals surface area contributed by atoms with Crippen molar-refractivity contribution < 1.29 is 4.39 Å². The van der Waals surface area contributed by atoms with Gasteiger partial charge in [0, 0.05) is 23.6 Å². The monoisotopic (exact) mass is 300 g/mol. The number of halogens is 1. The van der Waals surface area contributed by atoms with E-state index >= 15 is 0 Å². The summed E-state index contributed by atoms with van der Waals surface area (Å²) < 4.78 is 12.9. The summed E-state index contributed by atoms with van der Waals surface area (Å²) in [5.74, 6) is 1.94. The summed E-state index contributed by atoms with van der Waals surface area (Å²) in [5, 5.41) is 5.06. The molecule has 0 fully saturated rings. The molecule has 0 saturated heterocycles. The van der Waals surface area contributed by atoms with Gasteiger partial charge in [-0.3, -0.25) is 0 Å². The minimum atomic E-state index is -0.241. The molecule has 2 aromatic heterocycles. The van der Waals surface area contributed by atoms with Crippen molar-refractivity contribution in [2.24, 2.45) is 0 Å². The quantitative estimate of drug-likeness (QED) is 0.798. The zero-order valence-corrected chi connectivity index (χ0v) is 12.2. The standard InChI is InChI=1S/C15H13FN4S/c1-10-6-13(20-15-8-21-9-17-15)19-14(18-10)7-11-2-4-12(16)5-3-11/h2-6,8-9H,7H2,1H3,(H,18,19,20). The van der Waals surface area contributed by atoms with E-state index in [4.69, 9.17) is 0 Å². The molecule has 0 aliphatic carbocycles. The number of aromatic nitrogens is 3. The normalized spacial score (nSPS) is 10.6. The summed E-state index contributed by atoms with van der Waals surface area (Å²) in [6, 6.07) is 8.25. The van der Waals surface area contributed by atoms with Gasteiger partial charge in [-0.25, -0.2) is 19.3 Å². The van der Waals surface area contributed by atoms with Crippen LogP contribution in [0.4, 0.5) is 16.0 Å². The summed E-state index contributed by atoms with van der Waals surface area (Å²) in [4.78, 5) is 13.1. The van der Waals surface area contributed by atoms with Crippen molar-refractivity contribution in [1.29, 1.82) is 0 Å². The number of hydrogen-bond acceptors (Lipinski definition) is 5. The minimum absolute atomic E-state index is 0.241. The number of nitrogens with zero attached hydrogens (tertiary/aromatic N) is 3. The Morgan fingerprint density at radius 3 is 2.67 bits per heavy atom. The molecule has 0 saturated carbocycles. The molecular weight excluding hydrogens is 287 g/mol. The lowest BCUT2D eigenvalue weighted by Gasteiger charge is -2.07. The van der Waals surface area contributed by atoms with E-state index in [-0.39, 0.29) is 5.82 Å². The minimum Gasteiger partial charge on any atom is -0.324 e. The molecule has 2 heterocycles. The summed E-state index contributed by atoms with van der Waals surface area (Å²) in [5.41, 5.74) is 3.61. The lowest BCUT2D eigenvalue weighted by molar-refractivity contribution is 0.627. The first kappa shape index (κ1) is 13.6. The van der Waals surface area contributed by atoms with Crippen LogP contribution in [0.15, 0.2) is 41.2 Å².